The molecule has 1 heterocycles. The third kappa shape index (κ3) is 4.03. The maximum atomic E-state index is 6.59. The Morgan fingerprint density at radius 2 is 1.16 bits per heavy atom. The zero-order valence-electron chi connectivity index (χ0n) is 28.1. The predicted molar refractivity (Wildman–Crippen MR) is 208 cm³/mol. The quantitative estimate of drug-likeness (QED) is 0.217. The topological polar surface area (TPSA) is 12.5 Å². The average molecular weight is 654 g/mol. The SMILES string of the molecule is C1=CC2=C3C(N(C4=CC5=C6C=CC=CC6C6(c7ccccc7-c7ccccc76)C5C=C4)c4ccc(-c5ccccc5)cc4)=CC=CC3OC2C=C1. The summed E-state index contributed by atoms with van der Waals surface area (Å²) in [5.74, 6) is 0.432. The number of hydrogen-bond donors (Lipinski definition) is 0. The van der Waals surface area contributed by atoms with Crippen LogP contribution in [0.3, 0.4) is 0 Å². The fraction of sp³-hybridized carbons (Fsp3) is 0.102. The standard InChI is InChI=1S/C49H35NO/c1-2-13-32(14-3-1)33-25-27-34(28-26-33)50(45-22-12-24-47-48(45)39-18-7-11-23-46(39)51-47)35-29-30-44-40(31-35)38-17-6-10-21-43(38)49(44)41-19-8-4-15-36(41)37-16-5-9-20-42(37)49/h1-31,43-44,46-47H. The molecule has 0 fully saturated rings. The van der Waals surface area contributed by atoms with Gasteiger partial charge in [-0.15, -0.1) is 0 Å². The number of benzene rings is 4. The fourth-order valence-corrected chi connectivity index (χ4v) is 9.88. The molecule has 0 amide bonds. The minimum atomic E-state index is -0.200. The van der Waals surface area contributed by atoms with Crippen LogP contribution in [0.1, 0.15) is 11.1 Å². The Hall–Kier alpha value is -5.96. The molecule has 1 spiro atoms. The van der Waals surface area contributed by atoms with Gasteiger partial charge in [-0.3, -0.25) is 0 Å². The van der Waals surface area contributed by atoms with Gasteiger partial charge < -0.3 is 9.64 Å². The average Bonchev–Trinajstić information content (AvgIpc) is 3.83. The van der Waals surface area contributed by atoms with E-state index in [1.54, 1.807) is 0 Å². The molecule has 2 heteroatoms. The first-order valence-electron chi connectivity index (χ1n) is 18.1. The molecular weight excluding hydrogens is 619 g/mol. The Balaban J connectivity index is 1.10. The molecule has 2 nitrogen and oxygen atoms in total. The van der Waals surface area contributed by atoms with Crippen LogP contribution in [0.2, 0.25) is 0 Å². The van der Waals surface area contributed by atoms with Gasteiger partial charge in [0.05, 0.1) is 5.70 Å². The van der Waals surface area contributed by atoms with Gasteiger partial charge in [0.1, 0.15) is 12.2 Å². The summed E-state index contributed by atoms with van der Waals surface area (Å²) in [6.45, 7) is 0. The minimum absolute atomic E-state index is 0.0363. The number of hydrogen-bond acceptors (Lipinski definition) is 2. The van der Waals surface area contributed by atoms with Crippen molar-refractivity contribution >= 4 is 5.69 Å². The van der Waals surface area contributed by atoms with E-state index in [0.717, 1.165) is 17.1 Å². The van der Waals surface area contributed by atoms with E-state index in [-0.39, 0.29) is 29.5 Å². The first-order chi connectivity index (χ1) is 25.3. The molecule has 1 aliphatic heterocycles. The Labute approximate surface area is 299 Å². The summed E-state index contributed by atoms with van der Waals surface area (Å²) in [5.41, 5.74) is 16.6. The van der Waals surface area contributed by atoms with E-state index < -0.39 is 0 Å². The van der Waals surface area contributed by atoms with Crippen molar-refractivity contribution in [3.05, 3.63) is 233 Å². The van der Waals surface area contributed by atoms with E-state index in [4.69, 9.17) is 4.74 Å². The van der Waals surface area contributed by atoms with Gasteiger partial charge in [-0.1, -0.05) is 158 Å². The highest BCUT2D eigenvalue weighted by Gasteiger charge is 2.58. The van der Waals surface area contributed by atoms with E-state index in [9.17, 15) is 0 Å². The summed E-state index contributed by atoms with van der Waals surface area (Å²) in [4.78, 5) is 2.46. The van der Waals surface area contributed by atoms with Gasteiger partial charge in [0, 0.05) is 34.2 Å². The molecule has 4 unspecified atom stereocenters. The molecule has 0 bridgehead atoms. The summed E-state index contributed by atoms with van der Waals surface area (Å²) in [6, 6.07) is 37.9. The largest absolute Gasteiger partial charge is 0.357 e. The molecule has 4 atom stereocenters. The molecule has 11 rings (SSSR count). The second-order valence-corrected chi connectivity index (χ2v) is 14.3. The molecule has 0 saturated heterocycles. The first kappa shape index (κ1) is 28.8. The van der Waals surface area contributed by atoms with Crippen LogP contribution < -0.4 is 4.90 Å². The van der Waals surface area contributed by atoms with Gasteiger partial charge >= 0.3 is 0 Å². The molecule has 0 aromatic heterocycles. The highest BCUT2D eigenvalue weighted by atomic mass is 16.5. The molecule has 4 aromatic rings. The zero-order chi connectivity index (χ0) is 33.5. The second-order valence-electron chi connectivity index (χ2n) is 14.3. The fourth-order valence-electron chi connectivity index (χ4n) is 9.88. The lowest BCUT2D eigenvalue weighted by Gasteiger charge is -2.40. The number of fused-ring (bicyclic) bond motifs is 11. The molecule has 242 valence electrons. The van der Waals surface area contributed by atoms with Gasteiger partial charge in [0.15, 0.2) is 0 Å². The van der Waals surface area contributed by atoms with E-state index in [1.165, 1.54) is 55.7 Å². The molecule has 6 aliphatic carbocycles. The molecule has 7 aliphatic rings. The van der Waals surface area contributed by atoms with Crippen LogP contribution in [-0.4, -0.2) is 12.2 Å². The van der Waals surface area contributed by atoms with E-state index in [0.29, 0.717) is 0 Å². The zero-order valence-corrected chi connectivity index (χ0v) is 28.1. The van der Waals surface area contributed by atoms with Crippen LogP contribution >= 0.6 is 0 Å². The lowest BCUT2D eigenvalue weighted by Crippen LogP contribution is -2.38. The van der Waals surface area contributed by atoms with Crippen molar-refractivity contribution in [2.24, 2.45) is 11.8 Å². The Kier molecular flexibility index (Phi) is 6.23. The third-order valence-corrected chi connectivity index (χ3v) is 11.9. The monoisotopic (exact) mass is 653 g/mol. The summed E-state index contributed by atoms with van der Waals surface area (Å²) < 4.78 is 6.59. The maximum absolute atomic E-state index is 6.59. The molecule has 0 N–H and O–H groups in total. The van der Waals surface area contributed by atoms with E-state index in [1.807, 2.05) is 0 Å². The third-order valence-electron chi connectivity index (χ3n) is 11.9. The Morgan fingerprint density at radius 1 is 0.510 bits per heavy atom. The molecule has 0 saturated carbocycles. The smallest absolute Gasteiger partial charge is 0.105 e. The van der Waals surface area contributed by atoms with Crippen molar-refractivity contribution in [3.63, 3.8) is 0 Å². The maximum Gasteiger partial charge on any atom is 0.105 e. The van der Waals surface area contributed by atoms with Crippen LogP contribution in [0.15, 0.2) is 222 Å². The number of ether oxygens (including phenoxy) is 1. The summed E-state index contributed by atoms with van der Waals surface area (Å²) in [6.07, 6.45) is 31.8. The molecular formula is C49H35NO. The van der Waals surface area contributed by atoms with E-state index >= 15 is 0 Å². The van der Waals surface area contributed by atoms with Crippen molar-refractivity contribution < 1.29 is 4.74 Å². The number of allylic oxidation sites excluding steroid dienone is 13. The lowest BCUT2D eigenvalue weighted by molar-refractivity contribution is 0.109. The van der Waals surface area contributed by atoms with Crippen LogP contribution in [0, 0.1) is 11.8 Å². The first-order valence-corrected chi connectivity index (χ1v) is 18.1. The van der Waals surface area contributed by atoms with Crippen LogP contribution in [-0.2, 0) is 10.2 Å². The summed E-state index contributed by atoms with van der Waals surface area (Å²) >= 11 is 0. The van der Waals surface area contributed by atoms with Gasteiger partial charge in [-0.05, 0) is 80.5 Å². The lowest BCUT2D eigenvalue weighted by atomic mass is 9.62. The van der Waals surface area contributed by atoms with Crippen molar-refractivity contribution in [3.8, 4) is 22.3 Å². The number of anilines is 1. The van der Waals surface area contributed by atoms with Gasteiger partial charge in [0.25, 0.3) is 0 Å². The number of nitrogens with zero attached hydrogens (tertiary/aromatic N) is 1. The molecule has 4 aromatic carbocycles. The second kappa shape index (κ2) is 11.0. The predicted octanol–water partition coefficient (Wildman–Crippen LogP) is 10.9. The minimum Gasteiger partial charge on any atom is -0.357 e. The van der Waals surface area contributed by atoms with Crippen molar-refractivity contribution in [2.45, 2.75) is 17.6 Å². The van der Waals surface area contributed by atoms with Gasteiger partial charge in [-0.25, -0.2) is 0 Å². The van der Waals surface area contributed by atoms with Crippen molar-refractivity contribution in [1.82, 2.24) is 0 Å². The number of rotatable bonds is 4. The Morgan fingerprint density at radius 3 is 1.94 bits per heavy atom. The molecule has 0 radical (unpaired) electrons. The van der Waals surface area contributed by atoms with Crippen molar-refractivity contribution in [1.29, 1.82) is 0 Å². The van der Waals surface area contributed by atoms with E-state index in [2.05, 4.69) is 193 Å². The van der Waals surface area contributed by atoms with Crippen LogP contribution in [0.25, 0.3) is 22.3 Å². The van der Waals surface area contributed by atoms with Crippen LogP contribution in [0.5, 0.6) is 0 Å². The summed E-state index contributed by atoms with van der Waals surface area (Å²) in [5, 5.41) is 0. The van der Waals surface area contributed by atoms with Gasteiger partial charge in [-0.2, -0.15) is 0 Å². The van der Waals surface area contributed by atoms with Gasteiger partial charge in [0.2, 0.25) is 0 Å². The Bertz CT molecular complexity index is 2410. The normalized spacial score (nSPS) is 24.9. The van der Waals surface area contributed by atoms with Crippen molar-refractivity contribution in [2.75, 3.05) is 4.90 Å². The molecule has 51 heavy (non-hydrogen) atoms. The summed E-state index contributed by atoms with van der Waals surface area (Å²) in [7, 11) is 0. The highest BCUT2D eigenvalue weighted by molar-refractivity contribution is 5.85. The van der Waals surface area contributed by atoms with Crippen LogP contribution in [0.4, 0.5) is 5.69 Å². The highest BCUT2D eigenvalue weighted by Crippen LogP contribution is 2.65.